The average Bonchev–Trinajstić information content (AvgIpc) is 2.84. The van der Waals surface area contributed by atoms with Crippen molar-refractivity contribution in [2.24, 2.45) is 0 Å². The SMILES string of the molecule is O.O.O=C(O)c1cccc(C(=O)O)c1C(=O)O.O=C(O)c1cccc(C(=O)O)c1C(=O)O.c1cnccn1. The topological polar surface area (TPSA) is 313 Å². The molecule has 0 fully saturated rings. The maximum atomic E-state index is 10.7. The third-order valence-corrected chi connectivity index (χ3v) is 3.96. The first-order valence-electron chi connectivity index (χ1n) is 9.25. The van der Waals surface area contributed by atoms with Gasteiger partial charge in [-0.25, -0.2) is 28.8 Å². The van der Waals surface area contributed by atoms with Crippen LogP contribution in [0.4, 0.5) is 0 Å². The Kier molecular flexibility index (Phi) is 14.5. The highest BCUT2D eigenvalue weighted by Crippen LogP contribution is 2.16. The molecule has 10 N–H and O–H groups in total. The molecule has 1 aromatic heterocycles. The standard InChI is InChI=1S/2C9H6O6.C4H4N2.2H2O/c2*10-7(11)4-2-1-3-5(8(12)13)6(4)9(14)15;1-2-6-4-3-5-1;;/h2*1-3H,(H,10,11)(H,12,13)(H,14,15);1-4H;2*1H2. The van der Waals surface area contributed by atoms with Crippen molar-refractivity contribution < 1.29 is 70.4 Å². The lowest BCUT2D eigenvalue weighted by Crippen LogP contribution is -2.14. The zero-order valence-corrected chi connectivity index (χ0v) is 18.8. The molecule has 0 unspecified atom stereocenters. The van der Waals surface area contributed by atoms with Crippen LogP contribution in [0.5, 0.6) is 0 Å². The molecule has 3 aromatic rings. The summed E-state index contributed by atoms with van der Waals surface area (Å²) in [7, 11) is 0. The number of carboxylic acid groups (broad SMARTS) is 6. The minimum atomic E-state index is -1.58. The average molecular weight is 536 g/mol. The smallest absolute Gasteiger partial charge is 0.337 e. The summed E-state index contributed by atoms with van der Waals surface area (Å²) in [6, 6.07) is 6.52. The molecule has 0 aliphatic rings. The minimum absolute atomic E-state index is 0. The molecule has 0 atom stereocenters. The van der Waals surface area contributed by atoms with Crippen LogP contribution in [0.25, 0.3) is 0 Å². The van der Waals surface area contributed by atoms with Crippen molar-refractivity contribution in [3.8, 4) is 0 Å². The molecule has 0 aliphatic carbocycles. The number of hydrogen-bond acceptors (Lipinski definition) is 8. The largest absolute Gasteiger partial charge is 0.478 e. The summed E-state index contributed by atoms with van der Waals surface area (Å²) in [6.45, 7) is 0. The van der Waals surface area contributed by atoms with E-state index in [9.17, 15) is 28.8 Å². The third-order valence-electron chi connectivity index (χ3n) is 3.96. The second kappa shape index (κ2) is 16.0. The van der Waals surface area contributed by atoms with Gasteiger partial charge in [-0.15, -0.1) is 0 Å². The van der Waals surface area contributed by atoms with Crippen LogP contribution >= 0.6 is 0 Å². The van der Waals surface area contributed by atoms with Gasteiger partial charge in [-0.3, -0.25) is 9.97 Å². The number of carbonyl (C=O) groups is 6. The zero-order chi connectivity index (χ0) is 27.4. The first-order chi connectivity index (χ1) is 16.9. The normalized spacial score (nSPS) is 8.84. The van der Waals surface area contributed by atoms with Crippen LogP contribution in [-0.2, 0) is 0 Å². The van der Waals surface area contributed by atoms with Crippen LogP contribution in [0.15, 0.2) is 61.2 Å². The van der Waals surface area contributed by atoms with Gasteiger partial charge >= 0.3 is 35.8 Å². The van der Waals surface area contributed by atoms with Gasteiger partial charge in [0.25, 0.3) is 0 Å². The van der Waals surface area contributed by atoms with Crippen molar-refractivity contribution in [1.29, 1.82) is 0 Å². The molecule has 0 saturated heterocycles. The van der Waals surface area contributed by atoms with Gasteiger partial charge in [0.2, 0.25) is 0 Å². The Morgan fingerprint density at radius 3 is 0.763 bits per heavy atom. The van der Waals surface area contributed by atoms with Crippen molar-refractivity contribution in [3.63, 3.8) is 0 Å². The van der Waals surface area contributed by atoms with Crippen LogP contribution in [0, 0.1) is 0 Å². The van der Waals surface area contributed by atoms with Gasteiger partial charge in [0.15, 0.2) is 0 Å². The van der Waals surface area contributed by atoms with E-state index >= 15 is 0 Å². The number of benzene rings is 2. The van der Waals surface area contributed by atoms with E-state index in [0.29, 0.717) is 0 Å². The summed E-state index contributed by atoms with van der Waals surface area (Å²) in [5.74, 6) is -9.06. The fraction of sp³-hybridized carbons (Fsp3) is 0. The quantitative estimate of drug-likeness (QED) is 0.248. The van der Waals surface area contributed by atoms with Crippen molar-refractivity contribution in [3.05, 3.63) is 94.6 Å². The lowest BCUT2D eigenvalue weighted by atomic mass is 10.0. The van der Waals surface area contributed by atoms with Crippen molar-refractivity contribution >= 4 is 35.8 Å². The molecule has 16 heteroatoms. The lowest BCUT2D eigenvalue weighted by Gasteiger charge is -2.04. The number of aromatic nitrogens is 2. The van der Waals surface area contributed by atoms with Crippen LogP contribution < -0.4 is 0 Å². The van der Waals surface area contributed by atoms with Crippen LogP contribution in [0.1, 0.15) is 62.1 Å². The number of rotatable bonds is 6. The Hall–Kier alpha value is -5.74. The predicted molar refractivity (Wildman–Crippen MR) is 124 cm³/mol. The Morgan fingerprint density at radius 2 is 0.632 bits per heavy atom. The molecule has 0 aliphatic heterocycles. The van der Waals surface area contributed by atoms with E-state index in [2.05, 4.69) is 9.97 Å². The van der Waals surface area contributed by atoms with Crippen molar-refractivity contribution in [2.45, 2.75) is 0 Å². The molecular formula is C22H20N2O14. The van der Waals surface area contributed by atoms with E-state index in [4.69, 9.17) is 30.6 Å². The summed E-state index contributed by atoms with van der Waals surface area (Å²) in [6.07, 6.45) is 6.56. The lowest BCUT2D eigenvalue weighted by molar-refractivity contribution is 0.0632. The molecule has 38 heavy (non-hydrogen) atoms. The van der Waals surface area contributed by atoms with Gasteiger partial charge in [-0.2, -0.15) is 0 Å². The molecule has 202 valence electrons. The summed E-state index contributed by atoms with van der Waals surface area (Å²) in [5, 5.41) is 52.1. The number of hydrogen-bond donors (Lipinski definition) is 6. The second-order valence-electron chi connectivity index (χ2n) is 6.18. The van der Waals surface area contributed by atoms with Crippen LogP contribution in [0.3, 0.4) is 0 Å². The molecule has 0 amide bonds. The van der Waals surface area contributed by atoms with Gasteiger partial charge in [0.1, 0.15) is 0 Å². The summed E-state index contributed by atoms with van der Waals surface area (Å²) in [4.78, 5) is 71.5. The number of nitrogens with zero attached hydrogens (tertiary/aromatic N) is 2. The van der Waals surface area contributed by atoms with E-state index in [1.807, 2.05) is 0 Å². The molecule has 2 aromatic carbocycles. The van der Waals surface area contributed by atoms with E-state index in [-0.39, 0.29) is 11.0 Å². The Bertz CT molecular complexity index is 1130. The van der Waals surface area contributed by atoms with Crippen molar-refractivity contribution in [2.75, 3.05) is 0 Å². The number of carboxylic acids is 6. The van der Waals surface area contributed by atoms with E-state index in [0.717, 1.165) is 24.3 Å². The number of aromatic carboxylic acids is 6. The molecule has 1 heterocycles. The highest BCUT2D eigenvalue weighted by atomic mass is 16.4. The molecule has 0 radical (unpaired) electrons. The maximum Gasteiger partial charge on any atom is 0.337 e. The van der Waals surface area contributed by atoms with Crippen molar-refractivity contribution in [1.82, 2.24) is 9.97 Å². The zero-order valence-electron chi connectivity index (χ0n) is 18.8. The molecular weight excluding hydrogens is 516 g/mol. The molecule has 0 saturated carbocycles. The fourth-order valence-electron chi connectivity index (χ4n) is 2.53. The first-order valence-corrected chi connectivity index (χ1v) is 9.25. The molecule has 0 spiro atoms. The Labute approximate surface area is 211 Å². The van der Waals surface area contributed by atoms with Gasteiger partial charge in [0.05, 0.1) is 33.4 Å². The van der Waals surface area contributed by atoms with E-state index in [1.54, 1.807) is 24.8 Å². The van der Waals surface area contributed by atoms with Gasteiger partial charge in [-0.05, 0) is 24.3 Å². The van der Waals surface area contributed by atoms with Gasteiger partial charge < -0.3 is 41.6 Å². The molecule has 3 rings (SSSR count). The van der Waals surface area contributed by atoms with Gasteiger partial charge in [-0.1, -0.05) is 12.1 Å². The van der Waals surface area contributed by atoms with E-state index < -0.39 is 69.2 Å². The Balaban J connectivity index is 0. The van der Waals surface area contributed by atoms with Crippen LogP contribution in [-0.4, -0.2) is 87.4 Å². The fourth-order valence-corrected chi connectivity index (χ4v) is 2.53. The summed E-state index contributed by atoms with van der Waals surface area (Å²) >= 11 is 0. The summed E-state index contributed by atoms with van der Waals surface area (Å²) in [5.41, 5.74) is -3.58. The highest BCUT2D eigenvalue weighted by Gasteiger charge is 2.24. The predicted octanol–water partition coefficient (Wildman–Crippen LogP) is 0.390. The monoisotopic (exact) mass is 536 g/mol. The summed E-state index contributed by atoms with van der Waals surface area (Å²) < 4.78 is 0. The second-order valence-corrected chi connectivity index (χ2v) is 6.18. The first kappa shape index (κ1) is 34.4. The van der Waals surface area contributed by atoms with Crippen LogP contribution in [0.2, 0.25) is 0 Å². The van der Waals surface area contributed by atoms with E-state index in [1.165, 1.54) is 12.1 Å². The molecule has 16 nitrogen and oxygen atoms in total. The van der Waals surface area contributed by atoms with Gasteiger partial charge in [0, 0.05) is 24.8 Å². The third kappa shape index (κ3) is 9.49. The maximum absolute atomic E-state index is 10.7. The Morgan fingerprint density at radius 1 is 0.421 bits per heavy atom. The highest BCUT2D eigenvalue weighted by molar-refractivity contribution is 6.09. The minimum Gasteiger partial charge on any atom is -0.478 e. The molecule has 0 bridgehead atoms.